The Bertz CT molecular complexity index is 251. The molecule has 4 heteroatoms. The molecule has 0 amide bonds. The highest BCUT2D eigenvalue weighted by Gasteiger charge is 2.41. The molecule has 0 saturated carbocycles. The van der Waals surface area contributed by atoms with Crippen LogP contribution in [0.1, 0.15) is 26.2 Å². The summed E-state index contributed by atoms with van der Waals surface area (Å²) < 4.78 is 5.30. The van der Waals surface area contributed by atoms with Gasteiger partial charge in [0.1, 0.15) is 0 Å². The number of piperidine rings is 1. The highest BCUT2D eigenvalue weighted by Crippen LogP contribution is 2.32. The zero-order valence-corrected chi connectivity index (χ0v) is 12.0. The minimum Gasteiger partial charge on any atom is -0.384 e. The van der Waals surface area contributed by atoms with Crippen LogP contribution in [0.2, 0.25) is 0 Å². The van der Waals surface area contributed by atoms with Crippen LogP contribution in [0, 0.1) is 5.92 Å². The highest BCUT2D eigenvalue weighted by molar-refractivity contribution is 4.98. The summed E-state index contributed by atoms with van der Waals surface area (Å²) in [5.41, 5.74) is 6.40. The third-order valence-electron chi connectivity index (χ3n) is 4.97. The number of methoxy groups -OCH3 is 1. The highest BCUT2D eigenvalue weighted by atomic mass is 16.5. The fraction of sp³-hybridized carbons (Fsp3) is 1.00. The number of nitrogens with zero attached hydrogens (tertiary/aromatic N) is 2. The first-order chi connectivity index (χ1) is 8.74. The first-order valence-corrected chi connectivity index (χ1v) is 7.40. The second-order valence-corrected chi connectivity index (χ2v) is 5.92. The molecule has 106 valence electrons. The first kappa shape index (κ1) is 14.3. The van der Waals surface area contributed by atoms with Gasteiger partial charge in [-0.3, -0.25) is 4.90 Å². The summed E-state index contributed by atoms with van der Waals surface area (Å²) in [4.78, 5) is 5.19. The van der Waals surface area contributed by atoms with Crippen LogP contribution in [0.5, 0.6) is 0 Å². The molecule has 0 bridgehead atoms. The van der Waals surface area contributed by atoms with Gasteiger partial charge in [0.2, 0.25) is 0 Å². The SMILES string of the molecule is CCN1CCC(CN)(N2CCC(COC)C2)CC1. The number of hydrogen-bond acceptors (Lipinski definition) is 4. The van der Waals surface area contributed by atoms with Crippen molar-refractivity contribution < 1.29 is 4.74 Å². The molecule has 2 aliphatic heterocycles. The van der Waals surface area contributed by atoms with Gasteiger partial charge in [0.15, 0.2) is 0 Å². The van der Waals surface area contributed by atoms with Crippen LogP contribution in [-0.2, 0) is 4.74 Å². The summed E-state index contributed by atoms with van der Waals surface area (Å²) in [7, 11) is 1.81. The maximum Gasteiger partial charge on any atom is 0.0503 e. The molecular weight excluding hydrogens is 226 g/mol. The van der Waals surface area contributed by atoms with Crippen LogP contribution in [0.25, 0.3) is 0 Å². The monoisotopic (exact) mass is 255 g/mol. The number of hydrogen-bond donors (Lipinski definition) is 1. The molecule has 1 unspecified atom stereocenters. The lowest BCUT2D eigenvalue weighted by molar-refractivity contribution is 0.0391. The van der Waals surface area contributed by atoms with E-state index in [2.05, 4.69) is 16.7 Å². The van der Waals surface area contributed by atoms with Gasteiger partial charge >= 0.3 is 0 Å². The van der Waals surface area contributed by atoms with Crippen LogP contribution >= 0.6 is 0 Å². The quantitative estimate of drug-likeness (QED) is 0.788. The summed E-state index contributed by atoms with van der Waals surface area (Å²) in [5, 5.41) is 0. The smallest absolute Gasteiger partial charge is 0.0503 e. The van der Waals surface area contributed by atoms with Gasteiger partial charge in [0.25, 0.3) is 0 Å². The molecular formula is C14H29N3O. The molecule has 18 heavy (non-hydrogen) atoms. The zero-order chi connectivity index (χ0) is 13.0. The van der Waals surface area contributed by atoms with E-state index in [0.29, 0.717) is 5.92 Å². The normalized spacial score (nSPS) is 29.8. The maximum absolute atomic E-state index is 6.13. The van der Waals surface area contributed by atoms with E-state index in [0.717, 1.165) is 13.2 Å². The third-order valence-corrected chi connectivity index (χ3v) is 4.97. The number of likely N-dealkylation sites (tertiary alicyclic amines) is 2. The first-order valence-electron chi connectivity index (χ1n) is 7.40. The summed E-state index contributed by atoms with van der Waals surface area (Å²) in [6.45, 7) is 9.93. The van der Waals surface area contributed by atoms with Crippen LogP contribution in [0.4, 0.5) is 0 Å². The van der Waals surface area contributed by atoms with Crippen molar-refractivity contribution >= 4 is 0 Å². The van der Waals surface area contributed by atoms with E-state index < -0.39 is 0 Å². The summed E-state index contributed by atoms with van der Waals surface area (Å²) in [6.07, 6.45) is 3.74. The van der Waals surface area contributed by atoms with E-state index in [1.165, 1.54) is 52.0 Å². The van der Waals surface area contributed by atoms with Crippen molar-refractivity contribution in [2.45, 2.75) is 31.7 Å². The van der Waals surface area contributed by atoms with Crippen molar-refractivity contribution in [3.63, 3.8) is 0 Å². The van der Waals surface area contributed by atoms with Gasteiger partial charge in [-0.15, -0.1) is 0 Å². The Balaban J connectivity index is 1.93. The second-order valence-electron chi connectivity index (χ2n) is 5.92. The Kier molecular flexibility index (Phi) is 5.01. The summed E-state index contributed by atoms with van der Waals surface area (Å²) in [6, 6.07) is 0. The molecule has 1 atom stereocenters. The zero-order valence-electron chi connectivity index (χ0n) is 12.0. The van der Waals surface area contributed by atoms with E-state index >= 15 is 0 Å². The van der Waals surface area contributed by atoms with Gasteiger partial charge < -0.3 is 15.4 Å². The van der Waals surface area contributed by atoms with Gasteiger partial charge in [-0.1, -0.05) is 6.92 Å². The predicted molar refractivity (Wildman–Crippen MR) is 74.7 cm³/mol. The predicted octanol–water partition coefficient (Wildman–Crippen LogP) is 0.768. The fourth-order valence-corrected chi connectivity index (χ4v) is 3.57. The van der Waals surface area contributed by atoms with Gasteiger partial charge in [0.05, 0.1) is 6.61 Å². The molecule has 0 radical (unpaired) electrons. The molecule has 2 fully saturated rings. The fourth-order valence-electron chi connectivity index (χ4n) is 3.57. The second kappa shape index (κ2) is 6.33. The van der Waals surface area contributed by atoms with E-state index in [1.807, 2.05) is 0 Å². The lowest BCUT2D eigenvalue weighted by Gasteiger charge is -2.47. The van der Waals surface area contributed by atoms with Crippen LogP contribution in [0.3, 0.4) is 0 Å². The molecule has 2 heterocycles. The molecule has 0 aromatic carbocycles. The standard InChI is InChI=1S/C14H29N3O/c1-3-16-8-5-14(12-15,6-9-16)17-7-4-13(10-17)11-18-2/h13H,3-12,15H2,1-2H3. The topological polar surface area (TPSA) is 41.7 Å². The maximum atomic E-state index is 6.13. The summed E-state index contributed by atoms with van der Waals surface area (Å²) >= 11 is 0. The molecule has 2 aliphatic rings. The minimum atomic E-state index is 0.272. The number of rotatable bonds is 5. The van der Waals surface area contributed by atoms with Crippen molar-refractivity contribution in [1.29, 1.82) is 0 Å². The third kappa shape index (κ3) is 2.87. The molecule has 2 rings (SSSR count). The minimum absolute atomic E-state index is 0.272. The lowest BCUT2D eigenvalue weighted by Crippen LogP contribution is -2.58. The lowest BCUT2D eigenvalue weighted by atomic mass is 9.85. The van der Waals surface area contributed by atoms with E-state index in [4.69, 9.17) is 10.5 Å². The van der Waals surface area contributed by atoms with Gasteiger partial charge in [-0.25, -0.2) is 0 Å². The number of nitrogens with two attached hydrogens (primary N) is 1. The Hall–Kier alpha value is -0.160. The van der Waals surface area contributed by atoms with Crippen molar-refractivity contribution in [3.8, 4) is 0 Å². The Morgan fingerprint density at radius 1 is 1.28 bits per heavy atom. The van der Waals surface area contributed by atoms with Crippen molar-refractivity contribution in [1.82, 2.24) is 9.80 Å². The summed E-state index contributed by atoms with van der Waals surface area (Å²) in [5.74, 6) is 0.711. The Labute approximate surface area is 111 Å². The molecule has 0 aliphatic carbocycles. The largest absolute Gasteiger partial charge is 0.384 e. The molecule has 4 nitrogen and oxygen atoms in total. The average molecular weight is 255 g/mol. The van der Waals surface area contributed by atoms with Crippen molar-refractivity contribution in [2.75, 3.05) is 53.0 Å². The van der Waals surface area contributed by atoms with Gasteiger partial charge in [0, 0.05) is 25.7 Å². The van der Waals surface area contributed by atoms with Gasteiger partial charge in [-0.2, -0.15) is 0 Å². The van der Waals surface area contributed by atoms with E-state index in [1.54, 1.807) is 7.11 Å². The Morgan fingerprint density at radius 3 is 2.56 bits per heavy atom. The molecule has 0 spiro atoms. The van der Waals surface area contributed by atoms with Crippen LogP contribution in [0.15, 0.2) is 0 Å². The van der Waals surface area contributed by atoms with Crippen LogP contribution in [-0.4, -0.2) is 68.3 Å². The average Bonchev–Trinajstić information content (AvgIpc) is 2.88. The van der Waals surface area contributed by atoms with Gasteiger partial charge in [-0.05, 0) is 51.4 Å². The number of ether oxygens (including phenoxy) is 1. The van der Waals surface area contributed by atoms with E-state index in [-0.39, 0.29) is 5.54 Å². The molecule has 0 aromatic heterocycles. The van der Waals surface area contributed by atoms with Crippen LogP contribution < -0.4 is 5.73 Å². The van der Waals surface area contributed by atoms with Crippen molar-refractivity contribution in [3.05, 3.63) is 0 Å². The van der Waals surface area contributed by atoms with E-state index in [9.17, 15) is 0 Å². The molecule has 0 aromatic rings. The molecule has 2 N–H and O–H groups in total. The molecule has 2 saturated heterocycles. The Morgan fingerprint density at radius 2 is 2.00 bits per heavy atom. The van der Waals surface area contributed by atoms with Crippen molar-refractivity contribution in [2.24, 2.45) is 11.7 Å².